The molecule has 84 valence electrons. The van der Waals surface area contributed by atoms with Crippen LogP contribution in [0.4, 0.5) is 5.69 Å². The molecule has 3 nitrogen and oxygen atoms in total. The van der Waals surface area contributed by atoms with E-state index in [2.05, 4.69) is 5.32 Å². The smallest absolute Gasteiger partial charge is 0.225 e. The Labute approximate surface area is 100 Å². The largest absolute Gasteiger partial charge is 0.326 e. The summed E-state index contributed by atoms with van der Waals surface area (Å²) in [5, 5.41) is 11.9. The number of amides is 1. The summed E-state index contributed by atoms with van der Waals surface area (Å²) < 4.78 is 0. The van der Waals surface area contributed by atoms with E-state index in [-0.39, 0.29) is 18.2 Å². The van der Waals surface area contributed by atoms with Crippen molar-refractivity contribution in [3.63, 3.8) is 0 Å². The van der Waals surface area contributed by atoms with Gasteiger partial charge in [-0.1, -0.05) is 17.7 Å². The van der Waals surface area contributed by atoms with Crippen LogP contribution in [0.2, 0.25) is 5.02 Å². The lowest BCUT2D eigenvalue weighted by molar-refractivity contribution is -0.116. The monoisotopic (exact) mass is 236 g/mol. The van der Waals surface area contributed by atoms with E-state index in [1.54, 1.807) is 19.1 Å². The van der Waals surface area contributed by atoms with Gasteiger partial charge in [0, 0.05) is 17.1 Å². The lowest BCUT2D eigenvalue weighted by atomic mass is 10.1. The molecule has 0 fully saturated rings. The van der Waals surface area contributed by atoms with Gasteiger partial charge in [0.15, 0.2) is 0 Å². The predicted octanol–water partition coefficient (Wildman–Crippen LogP) is 3.14. The number of nitrogens with zero attached hydrogens (tertiary/aromatic N) is 1. The second-order valence-electron chi connectivity index (χ2n) is 3.75. The Morgan fingerprint density at radius 3 is 2.88 bits per heavy atom. The third kappa shape index (κ3) is 3.56. The fourth-order valence-corrected chi connectivity index (χ4v) is 1.39. The highest BCUT2D eigenvalue weighted by molar-refractivity contribution is 6.31. The van der Waals surface area contributed by atoms with E-state index >= 15 is 0 Å². The van der Waals surface area contributed by atoms with Gasteiger partial charge in [0.2, 0.25) is 5.91 Å². The molecule has 1 unspecified atom stereocenters. The Morgan fingerprint density at radius 1 is 1.62 bits per heavy atom. The first-order valence-corrected chi connectivity index (χ1v) is 5.36. The van der Waals surface area contributed by atoms with Crippen molar-refractivity contribution in [2.45, 2.75) is 20.3 Å². The first kappa shape index (κ1) is 12.5. The zero-order chi connectivity index (χ0) is 12.1. The molecule has 0 saturated heterocycles. The number of carbonyl (C=O) groups is 1. The van der Waals surface area contributed by atoms with Gasteiger partial charge in [-0.3, -0.25) is 4.79 Å². The van der Waals surface area contributed by atoms with Gasteiger partial charge in [-0.25, -0.2) is 0 Å². The molecular formula is C12H13ClN2O. The summed E-state index contributed by atoms with van der Waals surface area (Å²) in [7, 11) is 0. The predicted molar refractivity (Wildman–Crippen MR) is 64.2 cm³/mol. The summed E-state index contributed by atoms with van der Waals surface area (Å²) in [5.74, 6) is -0.449. The van der Waals surface area contributed by atoms with Crippen molar-refractivity contribution in [2.24, 2.45) is 5.92 Å². The van der Waals surface area contributed by atoms with Crippen LogP contribution in [0, 0.1) is 24.2 Å². The lowest BCUT2D eigenvalue weighted by Gasteiger charge is -2.07. The lowest BCUT2D eigenvalue weighted by Crippen LogP contribution is -2.14. The first-order chi connectivity index (χ1) is 7.52. The van der Waals surface area contributed by atoms with Crippen molar-refractivity contribution in [1.29, 1.82) is 5.26 Å². The fourth-order valence-electron chi connectivity index (χ4n) is 1.21. The highest BCUT2D eigenvalue weighted by Crippen LogP contribution is 2.20. The van der Waals surface area contributed by atoms with Crippen molar-refractivity contribution >= 4 is 23.2 Å². The SMILES string of the molecule is Cc1ccc(NC(=O)CC(C)C#N)cc1Cl. The van der Waals surface area contributed by atoms with Crippen molar-refractivity contribution in [1.82, 2.24) is 0 Å². The minimum atomic E-state index is -0.277. The van der Waals surface area contributed by atoms with Crippen LogP contribution < -0.4 is 5.32 Å². The highest BCUT2D eigenvalue weighted by atomic mass is 35.5. The third-order valence-corrected chi connectivity index (χ3v) is 2.57. The Kier molecular flexibility index (Phi) is 4.33. The number of hydrogen-bond acceptors (Lipinski definition) is 2. The quantitative estimate of drug-likeness (QED) is 0.877. The van der Waals surface area contributed by atoms with Gasteiger partial charge in [-0.15, -0.1) is 0 Å². The Morgan fingerprint density at radius 2 is 2.31 bits per heavy atom. The minimum absolute atomic E-state index is 0.172. The number of benzene rings is 1. The fraction of sp³-hybridized carbons (Fsp3) is 0.333. The number of anilines is 1. The maximum absolute atomic E-state index is 11.5. The summed E-state index contributed by atoms with van der Waals surface area (Å²) >= 11 is 5.93. The standard InChI is InChI=1S/C12H13ClN2O/c1-8(7-14)5-12(16)15-10-4-3-9(2)11(13)6-10/h3-4,6,8H,5H2,1-2H3,(H,15,16). The average Bonchev–Trinajstić information content (AvgIpc) is 2.23. The van der Waals surface area contributed by atoms with Crippen LogP contribution in [0.25, 0.3) is 0 Å². The molecule has 0 saturated carbocycles. The van der Waals surface area contributed by atoms with Crippen LogP contribution in [0.5, 0.6) is 0 Å². The van der Waals surface area contributed by atoms with Gasteiger partial charge in [-0.05, 0) is 31.5 Å². The molecule has 0 aliphatic heterocycles. The Balaban J connectivity index is 2.64. The second-order valence-corrected chi connectivity index (χ2v) is 4.15. The van der Waals surface area contributed by atoms with Crippen LogP contribution in [-0.2, 0) is 4.79 Å². The van der Waals surface area contributed by atoms with E-state index in [0.717, 1.165) is 5.56 Å². The summed E-state index contributed by atoms with van der Waals surface area (Å²) in [4.78, 5) is 11.5. The number of nitrogens with one attached hydrogen (secondary N) is 1. The van der Waals surface area contributed by atoms with E-state index in [4.69, 9.17) is 16.9 Å². The van der Waals surface area contributed by atoms with Crippen molar-refractivity contribution < 1.29 is 4.79 Å². The van der Waals surface area contributed by atoms with E-state index in [1.165, 1.54) is 0 Å². The second kappa shape index (κ2) is 5.53. The molecule has 1 aromatic rings. The van der Waals surface area contributed by atoms with Crippen LogP contribution in [0.15, 0.2) is 18.2 Å². The Bertz CT molecular complexity index is 437. The molecule has 0 bridgehead atoms. The van der Waals surface area contributed by atoms with Gasteiger partial charge in [0.25, 0.3) is 0 Å². The normalized spacial score (nSPS) is 11.6. The number of hydrogen-bond donors (Lipinski definition) is 1. The van der Waals surface area contributed by atoms with Crippen LogP contribution in [0.3, 0.4) is 0 Å². The van der Waals surface area contributed by atoms with Crippen molar-refractivity contribution in [3.8, 4) is 6.07 Å². The molecule has 1 rings (SSSR count). The third-order valence-electron chi connectivity index (χ3n) is 2.17. The Hall–Kier alpha value is -1.53. The summed E-state index contributed by atoms with van der Waals surface area (Å²) in [6, 6.07) is 7.34. The van der Waals surface area contributed by atoms with E-state index in [0.29, 0.717) is 10.7 Å². The number of carbonyl (C=O) groups excluding carboxylic acids is 1. The zero-order valence-corrected chi connectivity index (χ0v) is 10.0. The molecule has 16 heavy (non-hydrogen) atoms. The molecule has 0 spiro atoms. The topological polar surface area (TPSA) is 52.9 Å². The number of halogens is 1. The van der Waals surface area contributed by atoms with Crippen LogP contribution in [-0.4, -0.2) is 5.91 Å². The maximum atomic E-state index is 11.5. The first-order valence-electron chi connectivity index (χ1n) is 4.98. The molecular weight excluding hydrogens is 224 g/mol. The van der Waals surface area contributed by atoms with E-state index < -0.39 is 0 Å². The summed E-state index contributed by atoms with van der Waals surface area (Å²) in [5.41, 5.74) is 1.62. The van der Waals surface area contributed by atoms with Crippen LogP contribution in [0.1, 0.15) is 18.9 Å². The maximum Gasteiger partial charge on any atom is 0.225 e. The average molecular weight is 237 g/mol. The van der Waals surface area contributed by atoms with Gasteiger partial charge in [0.05, 0.1) is 12.0 Å². The summed E-state index contributed by atoms with van der Waals surface area (Å²) in [6.07, 6.45) is 0.196. The molecule has 1 atom stereocenters. The number of aryl methyl sites for hydroxylation is 1. The highest BCUT2D eigenvalue weighted by Gasteiger charge is 2.08. The minimum Gasteiger partial charge on any atom is -0.326 e. The van der Waals surface area contributed by atoms with E-state index in [1.807, 2.05) is 19.1 Å². The molecule has 0 aliphatic carbocycles. The van der Waals surface area contributed by atoms with Gasteiger partial charge >= 0.3 is 0 Å². The van der Waals surface area contributed by atoms with Crippen molar-refractivity contribution in [3.05, 3.63) is 28.8 Å². The van der Waals surface area contributed by atoms with Crippen LogP contribution >= 0.6 is 11.6 Å². The molecule has 0 radical (unpaired) electrons. The molecule has 1 aromatic carbocycles. The van der Waals surface area contributed by atoms with Gasteiger partial charge < -0.3 is 5.32 Å². The van der Waals surface area contributed by atoms with E-state index in [9.17, 15) is 4.79 Å². The van der Waals surface area contributed by atoms with Gasteiger partial charge in [0.1, 0.15) is 0 Å². The molecule has 0 aromatic heterocycles. The number of nitriles is 1. The molecule has 1 amide bonds. The number of rotatable bonds is 3. The summed E-state index contributed by atoms with van der Waals surface area (Å²) in [6.45, 7) is 3.60. The molecule has 4 heteroatoms. The molecule has 1 N–H and O–H groups in total. The van der Waals surface area contributed by atoms with Gasteiger partial charge in [-0.2, -0.15) is 5.26 Å². The molecule has 0 heterocycles. The molecule has 0 aliphatic rings. The zero-order valence-electron chi connectivity index (χ0n) is 9.25. The van der Waals surface area contributed by atoms with Crippen molar-refractivity contribution in [2.75, 3.05) is 5.32 Å².